The van der Waals surface area contributed by atoms with Crippen molar-refractivity contribution in [2.45, 2.75) is 90.4 Å². The van der Waals surface area contributed by atoms with Crippen LogP contribution in [0.2, 0.25) is 0 Å². The number of hydrogen-bond acceptors (Lipinski definition) is 4. The lowest BCUT2D eigenvalue weighted by Crippen LogP contribution is -2.41. The van der Waals surface area contributed by atoms with Gasteiger partial charge in [0, 0.05) is 0 Å². The zero-order valence-corrected chi connectivity index (χ0v) is 16.7. The number of aliphatic hydroxyl groups excluding tert-OH is 2. The third-order valence-electron chi connectivity index (χ3n) is 5.71. The molecule has 4 atom stereocenters. The summed E-state index contributed by atoms with van der Waals surface area (Å²) in [5.41, 5.74) is 1.01. The zero-order chi connectivity index (χ0) is 19.1. The molecule has 4 heteroatoms. The van der Waals surface area contributed by atoms with Crippen molar-refractivity contribution in [2.75, 3.05) is 13.2 Å². The van der Waals surface area contributed by atoms with Crippen LogP contribution in [0.4, 0.5) is 0 Å². The van der Waals surface area contributed by atoms with Gasteiger partial charge in [0.05, 0.1) is 30.5 Å². The molecule has 1 aliphatic rings. The zero-order valence-electron chi connectivity index (χ0n) is 16.7. The van der Waals surface area contributed by atoms with E-state index in [1.807, 2.05) is 27.7 Å². The molecule has 3 N–H and O–H groups in total. The van der Waals surface area contributed by atoms with Crippen molar-refractivity contribution in [1.82, 2.24) is 0 Å². The van der Waals surface area contributed by atoms with E-state index in [-0.39, 0.29) is 12.5 Å². The fraction of sp³-hybridized carbons (Fsp3) is 0.810. The first kappa shape index (κ1) is 22.4. The number of allylic oxidation sites excluding steroid dienone is 1. The molecule has 1 heterocycles. The van der Waals surface area contributed by atoms with Crippen molar-refractivity contribution in [3.63, 3.8) is 0 Å². The molecule has 0 bridgehead atoms. The quantitative estimate of drug-likeness (QED) is 0.581. The van der Waals surface area contributed by atoms with Gasteiger partial charge in [-0.3, -0.25) is 0 Å². The fourth-order valence-corrected chi connectivity index (χ4v) is 3.26. The SMILES string of the molecule is CC(C)=CCC(C)(O)C(C)CCC[C@]1(C)OC/C(=C/CO)CC[C@H]1O. The summed E-state index contributed by atoms with van der Waals surface area (Å²) in [5.74, 6) is 0.180. The summed E-state index contributed by atoms with van der Waals surface area (Å²) in [6.45, 7) is 10.6. The van der Waals surface area contributed by atoms with E-state index in [0.717, 1.165) is 31.3 Å². The predicted molar refractivity (Wildman–Crippen MR) is 102 cm³/mol. The first-order chi connectivity index (χ1) is 11.6. The molecule has 146 valence electrons. The second-order valence-corrected chi connectivity index (χ2v) is 8.34. The van der Waals surface area contributed by atoms with Gasteiger partial charge in [-0.15, -0.1) is 0 Å². The third-order valence-corrected chi connectivity index (χ3v) is 5.71. The van der Waals surface area contributed by atoms with Crippen molar-refractivity contribution in [3.8, 4) is 0 Å². The third kappa shape index (κ3) is 7.22. The molecule has 1 saturated heterocycles. The average molecular weight is 355 g/mol. The second kappa shape index (κ2) is 9.86. The van der Waals surface area contributed by atoms with E-state index >= 15 is 0 Å². The van der Waals surface area contributed by atoms with Gasteiger partial charge in [0.15, 0.2) is 0 Å². The molecule has 0 saturated carbocycles. The Balaban J connectivity index is 2.55. The molecule has 0 amide bonds. The minimum Gasteiger partial charge on any atom is -0.392 e. The number of aliphatic hydroxyl groups is 3. The lowest BCUT2D eigenvalue weighted by atomic mass is 9.81. The van der Waals surface area contributed by atoms with E-state index in [9.17, 15) is 10.2 Å². The molecule has 0 radical (unpaired) electrons. The average Bonchev–Trinajstić information content (AvgIpc) is 2.67. The maximum Gasteiger partial charge on any atom is 0.0916 e. The molecule has 0 aliphatic carbocycles. The van der Waals surface area contributed by atoms with Gasteiger partial charge >= 0.3 is 0 Å². The summed E-state index contributed by atoms with van der Waals surface area (Å²) in [5, 5.41) is 30.2. The standard InChI is InChI=1S/C21H38O4/c1-16(2)10-13-20(4,24)17(3)7-6-12-21(5)19(23)9-8-18(11-14-22)15-25-21/h10-11,17,19,22-24H,6-9,12-15H2,1-5H3/b18-11+/t17?,19-,20?,21+/m1/s1. The summed E-state index contributed by atoms with van der Waals surface area (Å²) >= 11 is 0. The molecular weight excluding hydrogens is 316 g/mol. The normalized spacial score (nSPS) is 29.8. The summed E-state index contributed by atoms with van der Waals surface area (Å²) in [4.78, 5) is 0. The lowest BCUT2D eigenvalue weighted by molar-refractivity contribution is -0.106. The Hall–Kier alpha value is -0.680. The van der Waals surface area contributed by atoms with Gasteiger partial charge in [-0.1, -0.05) is 31.1 Å². The number of ether oxygens (including phenoxy) is 1. The molecule has 2 unspecified atom stereocenters. The maximum atomic E-state index is 10.7. The molecule has 0 aromatic carbocycles. The summed E-state index contributed by atoms with van der Waals surface area (Å²) in [7, 11) is 0. The van der Waals surface area contributed by atoms with Gasteiger partial charge in [-0.05, 0) is 71.3 Å². The highest BCUT2D eigenvalue weighted by Crippen LogP contribution is 2.33. The van der Waals surface area contributed by atoms with Crippen molar-refractivity contribution < 1.29 is 20.1 Å². The van der Waals surface area contributed by atoms with Crippen molar-refractivity contribution in [2.24, 2.45) is 5.92 Å². The highest BCUT2D eigenvalue weighted by Gasteiger charge is 2.36. The van der Waals surface area contributed by atoms with Crippen molar-refractivity contribution >= 4 is 0 Å². The Kier molecular flexibility index (Phi) is 8.82. The number of hydrogen-bond donors (Lipinski definition) is 3. The Morgan fingerprint density at radius 3 is 2.72 bits per heavy atom. The van der Waals surface area contributed by atoms with Crippen LogP contribution in [0, 0.1) is 5.92 Å². The van der Waals surface area contributed by atoms with E-state index in [1.165, 1.54) is 5.57 Å². The summed E-state index contributed by atoms with van der Waals surface area (Å²) in [6, 6.07) is 0. The Morgan fingerprint density at radius 1 is 1.44 bits per heavy atom. The predicted octanol–water partition coefficient (Wildman–Crippen LogP) is 3.75. The van der Waals surface area contributed by atoms with Crippen LogP contribution < -0.4 is 0 Å². The highest BCUT2D eigenvalue weighted by molar-refractivity contribution is 5.06. The molecule has 1 fully saturated rings. The van der Waals surface area contributed by atoms with Crippen molar-refractivity contribution in [3.05, 3.63) is 23.3 Å². The van der Waals surface area contributed by atoms with E-state index in [0.29, 0.717) is 19.4 Å². The maximum absolute atomic E-state index is 10.7. The van der Waals surface area contributed by atoms with Crippen LogP contribution in [0.15, 0.2) is 23.3 Å². The first-order valence-electron chi connectivity index (χ1n) is 9.57. The number of rotatable bonds is 8. The van der Waals surface area contributed by atoms with Gasteiger partial charge in [0.25, 0.3) is 0 Å². The molecule has 0 aromatic rings. The Morgan fingerprint density at radius 2 is 2.12 bits per heavy atom. The van der Waals surface area contributed by atoms with Gasteiger partial charge in [-0.2, -0.15) is 0 Å². The molecule has 1 rings (SSSR count). The van der Waals surface area contributed by atoms with Crippen molar-refractivity contribution in [1.29, 1.82) is 0 Å². The molecule has 0 spiro atoms. The highest BCUT2D eigenvalue weighted by atomic mass is 16.5. The first-order valence-corrected chi connectivity index (χ1v) is 9.57. The topological polar surface area (TPSA) is 69.9 Å². The summed E-state index contributed by atoms with van der Waals surface area (Å²) in [6.07, 6.45) is 8.03. The van der Waals surface area contributed by atoms with E-state index < -0.39 is 17.3 Å². The van der Waals surface area contributed by atoms with Crippen LogP contribution in [0.25, 0.3) is 0 Å². The minimum atomic E-state index is -0.710. The molecule has 25 heavy (non-hydrogen) atoms. The van der Waals surface area contributed by atoms with Crippen LogP contribution in [0.5, 0.6) is 0 Å². The summed E-state index contributed by atoms with van der Waals surface area (Å²) < 4.78 is 6.01. The fourth-order valence-electron chi connectivity index (χ4n) is 3.26. The van der Waals surface area contributed by atoms with Gasteiger partial charge < -0.3 is 20.1 Å². The lowest BCUT2D eigenvalue weighted by Gasteiger charge is -2.34. The molecule has 0 aromatic heterocycles. The second-order valence-electron chi connectivity index (χ2n) is 8.34. The molecule has 1 aliphatic heterocycles. The minimum absolute atomic E-state index is 0.0176. The van der Waals surface area contributed by atoms with E-state index in [4.69, 9.17) is 9.84 Å². The largest absolute Gasteiger partial charge is 0.392 e. The van der Waals surface area contributed by atoms with Crippen LogP contribution in [0.1, 0.15) is 73.1 Å². The molecule has 4 nitrogen and oxygen atoms in total. The van der Waals surface area contributed by atoms with Gasteiger partial charge in [0.2, 0.25) is 0 Å². The Labute approximate surface area is 153 Å². The van der Waals surface area contributed by atoms with Gasteiger partial charge in [-0.25, -0.2) is 0 Å². The Bertz CT molecular complexity index is 463. The smallest absolute Gasteiger partial charge is 0.0916 e. The van der Waals surface area contributed by atoms with Crippen LogP contribution in [-0.4, -0.2) is 45.8 Å². The van der Waals surface area contributed by atoms with Crippen LogP contribution in [-0.2, 0) is 4.74 Å². The van der Waals surface area contributed by atoms with Crippen LogP contribution in [0.3, 0.4) is 0 Å². The van der Waals surface area contributed by atoms with E-state index in [2.05, 4.69) is 13.0 Å². The molecular formula is C21H38O4. The monoisotopic (exact) mass is 354 g/mol. The van der Waals surface area contributed by atoms with Crippen LogP contribution >= 0.6 is 0 Å². The van der Waals surface area contributed by atoms with Gasteiger partial charge in [0.1, 0.15) is 0 Å². The van der Waals surface area contributed by atoms with E-state index in [1.54, 1.807) is 6.08 Å².